The third-order valence-corrected chi connectivity index (χ3v) is 5.64. The lowest BCUT2D eigenvalue weighted by atomic mass is 10.3. The summed E-state index contributed by atoms with van der Waals surface area (Å²) in [5, 5.41) is 0. The van der Waals surface area contributed by atoms with E-state index >= 15 is 0 Å². The number of halogens is 1. The highest BCUT2D eigenvalue weighted by atomic mass is 32.2. The summed E-state index contributed by atoms with van der Waals surface area (Å²) >= 11 is 0. The monoisotopic (exact) mass is 360 g/mol. The summed E-state index contributed by atoms with van der Waals surface area (Å²) in [6.45, 7) is 3.02. The molecule has 9 heteroatoms. The van der Waals surface area contributed by atoms with E-state index in [0.717, 1.165) is 6.07 Å². The van der Waals surface area contributed by atoms with E-state index < -0.39 is 21.9 Å². The molecule has 24 heavy (non-hydrogen) atoms. The van der Waals surface area contributed by atoms with Crippen LogP contribution in [-0.4, -0.2) is 63.6 Å². The number of carbonyl (C=O) groups is 1. The van der Waals surface area contributed by atoms with E-state index in [0.29, 0.717) is 13.0 Å². The Morgan fingerprint density at radius 2 is 2.00 bits per heavy atom. The fourth-order valence-electron chi connectivity index (χ4n) is 2.49. The van der Waals surface area contributed by atoms with Gasteiger partial charge in [0, 0.05) is 26.2 Å². The van der Waals surface area contributed by atoms with E-state index in [1.54, 1.807) is 6.92 Å². The molecule has 1 aromatic rings. The van der Waals surface area contributed by atoms with Gasteiger partial charge >= 0.3 is 6.09 Å². The average molecular weight is 360 g/mol. The molecule has 0 spiro atoms. The molecule has 1 aliphatic heterocycles. The molecule has 1 aromatic carbocycles. The van der Waals surface area contributed by atoms with Crippen molar-refractivity contribution in [3.05, 3.63) is 24.0 Å². The van der Waals surface area contributed by atoms with E-state index in [-0.39, 0.29) is 36.9 Å². The van der Waals surface area contributed by atoms with Gasteiger partial charge in [-0.1, -0.05) is 0 Å². The Balaban J connectivity index is 2.15. The van der Waals surface area contributed by atoms with Crippen molar-refractivity contribution in [2.45, 2.75) is 18.2 Å². The minimum atomic E-state index is -3.84. The Bertz CT molecular complexity index is 695. The van der Waals surface area contributed by atoms with E-state index in [9.17, 15) is 17.6 Å². The first-order valence-corrected chi connectivity index (χ1v) is 9.09. The molecule has 0 atom stereocenters. The lowest BCUT2D eigenvalue weighted by Crippen LogP contribution is -2.37. The van der Waals surface area contributed by atoms with E-state index in [2.05, 4.69) is 0 Å². The molecule has 0 aromatic heterocycles. The van der Waals surface area contributed by atoms with Crippen molar-refractivity contribution in [1.82, 2.24) is 9.21 Å². The number of carbonyl (C=O) groups excluding carboxylic acids is 1. The van der Waals surface area contributed by atoms with E-state index in [1.165, 1.54) is 28.4 Å². The van der Waals surface area contributed by atoms with Crippen LogP contribution in [0.25, 0.3) is 0 Å². The number of amides is 1. The lowest BCUT2D eigenvalue weighted by molar-refractivity contribution is 0.109. The van der Waals surface area contributed by atoms with Gasteiger partial charge in [-0.15, -0.1) is 0 Å². The maximum absolute atomic E-state index is 13.8. The van der Waals surface area contributed by atoms with Gasteiger partial charge in [-0.2, -0.15) is 4.31 Å². The van der Waals surface area contributed by atoms with Crippen LogP contribution < -0.4 is 4.74 Å². The maximum atomic E-state index is 13.8. The van der Waals surface area contributed by atoms with Crippen molar-refractivity contribution in [3.63, 3.8) is 0 Å². The first-order chi connectivity index (χ1) is 11.4. The molecule has 1 heterocycles. The average Bonchev–Trinajstić information content (AvgIpc) is 2.81. The lowest BCUT2D eigenvalue weighted by Gasteiger charge is -2.21. The van der Waals surface area contributed by atoms with Crippen LogP contribution >= 0.6 is 0 Å². The van der Waals surface area contributed by atoms with Gasteiger partial charge in [0.25, 0.3) is 0 Å². The zero-order valence-electron chi connectivity index (χ0n) is 13.7. The first kappa shape index (κ1) is 18.5. The molecule has 7 nitrogen and oxygen atoms in total. The first-order valence-electron chi connectivity index (χ1n) is 7.65. The predicted molar refractivity (Wildman–Crippen MR) is 84.9 cm³/mol. The van der Waals surface area contributed by atoms with Gasteiger partial charge in [-0.25, -0.2) is 17.6 Å². The molecule has 134 valence electrons. The Morgan fingerprint density at radius 3 is 2.62 bits per heavy atom. The van der Waals surface area contributed by atoms with Gasteiger partial charge in [0.15, 0.2) is 11.6 Å². The van der Waals surface area contributed by atoms with Crippen LogP contribution in [0.2, 0.25) is 0 Å². The zero-order valence-corrected chi connectivity index (χ0v) is 14.5. The van der Waals surface area contributed by atoms with E-state index in [1.807, 2.05) is 0 Å². The van der Waals surface area contributed by atoms with Crippen molar-refractivity contribution in [2.75, 3.05) is 39.9 Å². The number of methoxy groups -OCH3 is 1. The summed E-state index contributed by atoms with van der Waals surface area (Å²) in [6.07, 6.45) is 0.0312. The van der Waals surface area contributed by atoms with Crippen molar-refractivity contribution >= 4 is 16.1 Å². The predicted octanol–water partition coefficient (Wildman–Crippen LogP) is 1.69. The van der Waals surface area contributed by atoms with Gasteiger partial charge < -0.3 is 14.4 Å². The Morgan fingerprint density at radius 1 is 1.25 bits per heavy atom. The molecule has 0 unspecified atom stereocenters. The third kappa shape index (κ3) is 3.96. The standard InChI is InChI=1S/C15H21FN2O5S/c1-3-23-15(19)17-7-4-8-18(10-9-17)24(20,21)12-5-6-14(22-2)13(16)11-12/h5-6,11H,3-4,7-10H2,1-2H3. The van der Waals surface area contributed by atoms with Crippen LogP contribution in [-0.2, 0) is 14.8 Å². The van der Waals surface area contributed by atoms with Crippen molar-refractivity contribution in [1.29, 1.82) is 0 Å². The Labute approximate surface area is 141 Å². The smallest absolute Gasteiger partial charge is 0.409 e. The molecule has 0 N–H and O–H groups in total. The van der Waals surface area contributed by atoms with Gasteiger partial charge in [0.1, 0.15) is 0 Å². The van der Waals surface area contributed by atoms with Crippen molar-refractivity contribution < 1.29 is 27.1 Å². The molecule has 0 bridgehead atoms. The molecule has 2 rings (SSSR count). The normalized spacial score (nSPS) is 16.5. The number of nitrogens with zero attached hydrogens (tertiary/aromatic N) is 2. The van der Waals surface area contributed by atoms with Crippen LogP contribution in [0.1, 0.15) is 13.3 Å². The molecular weight excluding hydrogens is 339 g/mol. The fourth-order valence-corrected chi connectivity index (χ4v) is 3.97. The molecule has 1 amide bonds. The second-order valence-electron chi connectivity index (χ2n) is 5.24. The number of hydrogen-bond acceptors (Lipinski definition) is 5. The number of rotatable bonds is 4. The number of benzene rings is 1. The highest BCUT2D eigenvalue weighted by Gasteiger charge is 2.29. The summed E-state index contributed by atoms with van der Waals surface area (Å²) in [6, 6.07) is 3.54. The summed E-state index contributed by atoms with van der Waals surface area (Å²) in [5.74, 6) is -0.750. The minimum Gasteiger partial charge on any atom is -0.494 e. The molecule has 1 aliphatic rings. The fraction of sp³-hybridized carbons (Fsp3) is 0.533. The van der Waals surface area contributed by atoms with Gasteiger partial charge in [-0.05, 0) is 31.5 Å². The van der Waals surface area contributed by atoms with Crippen LogP contribution in [0.15, 0.2) is 23.1 Å². The Kier molecular flexibility index (Phi) is 6.00. The third-order valence-electron chi connectivity index (χ3n) is 3.74. The van der Waals surface area contributed by atoms with Crippen LogP contribution in [0.5, 0.6) is 5.75 Å². The summed E-state index contributed by atoms with van der Waals surface area (Å²) < 4.78 is 50.2. The molecule has 1 fully saturated rings. The highest BCUT2D eigenvalue weighted by Crippen LogP contribution is 2.24. The van der Waals surface area contributed by atoms with Gasteiger partial charge in [0.05, 0.1) is 18.6 Å². The topological polar surface area (TPSA) is 76.2 Å². The molecular formula is C15H21FN2O5S. The summed E-state index contributed by atoms with van der Waals surface area (Å²) in [7, 11) is -2.52. The summed E-state index contributed by atoms with van der Waals surface area (Å²) in [5.41, 5.74) is 0. The largest absolute Gasteiger partial charge is 0.494 e. The van der Waals surface area contributed by atoms with Gasteiger partial charge in [0.2, 0.25) is 10.0 Å². The van der Waals surface area contributed by atoms with E-state index in [4.69, 9.17) is 9.47 Å². The SMILES string of the molecule is CCOC(=O)N1CCCN(S(=O)(=O)c2ccc(OC)c(F)c2)CC1. The molecule has 0 aliphatic carbocycles. The second-order valence-corrected chi connectivity index (χ2v) is 7.18. The maximum Gasteiger partial charge on any atom is 0.409 e. The summed E-state index contributed by atoms with van der Waals surface area (Å²) in [4.78, 5) is 13.1. The number of hydrogen-bond donors (Lipinski definition) is 0. The molecule has 1 saturated heterocycles. The van der Waals surface area contributed by atoms with Crippen LogP contribution in [0.4, 0.5) is 9.18 Å². The van der Waals surface area contributed by atoms with Crippen LogP contribution in [0, 0.1) is 5.82 Å². The molecule has 0 radical (unpaired) electrons. The van der Waals surface area contributed by atoms with Crippen molar-refractivity contribution in [3.8, 4) is 5.75 Å². The zero-order chi connectivity index (χ0) is 17.7. The second kappa shape index (κ2) is 7.80. The Hall–Kier alpha value is -1.87. The molecule has 0 saturated carbocycles. The minimum absolute atomic E-state index is 0.0155. The van der Waals surface area contributed by atoms with Crippen LogP contribution in [0.3, 0.4) is 0 Å². The highest BCUT2D eigenvalue weighted by molar-refractivity contribution is 7.89. The number of sulfonamides is 1. The number of ether oxygens (including phenoxy) is 2. The van der Waals surface area contributed by atoms with Gasteiger partial charge in [-0.3, -0.25) is 0 Å². The quantitative estimate of drug-likeness (QED) is 0.817. The van der Waals surface area contributed by atoms with Crippen molar-refractivity contribution in [2.24, 2.45) is 0 Å².